The van der Waals surface area contributed by atoms with Crippen molar-refractivity contribution in [3.8, 4) is 5.75 Å². The van der Waals surface area contributed by atoms with Crippen LogP contribution in [0, 0.1) is 0 Å². The van der Waals surface area contributed by atoms with Crippen molar-refractivity contribution in [3.63, 3.8) is 0 Å². The van der Waals surface area contributed by atoms with Crippen molar-refractivity contribution in [2.75, 3.05) is 12.5 Å². The van der Waals surface area contributed by atoms with Crippen LogP contribution in [0.25, 0.3) is 0 Å². The molecule has 0 atom stereocenters. The zero-order chi connectivity index (χ0) is 12.1. The lowest BCUT2D eigenvalue weighted by Crippen LogP contribution is -2.07. The van der Waals surface area contributed by atoms with Gasteiger partial charge >= 0.3 is 5.97 Å². The first kappa shape index (κ1) is 12.5. The van der Waals surface area contributed by atoms with Crippen LogP contribution in [-0.4, -0.2) is 29.3 Å². The summed E-state index contributed by atoms with van der Waals surface area (Å²) in [6, 6.07) is 4.13. The third kappa shape index (κ3) is 2.73. The molecule has 1 N–H and O–H groups in total. The Bertz CT molecular complexity index is 414. The van der Waals surface area contributed by atoms with Crippen LogP contribution in [0.15, 0.2) is 18.2 Å². The van der Waals surface area contributed by atoms with Gasteiger partial charge in [-0.1, -0.05) is 0 Å². The molecule has 86 valence electrons. The van der Waals surface area contributed by atoms with Crippen LogP contribution in [0.2, 0.25) is 0 Å². The average Bonchev–Trinajstić information content (AvgIpc) is 2.28. The maximum absolute atomic E-state index is 11.5. The lowest BCUT2D eigenvalue weighted by atomic mass is 10.1. The summed E-state index contributed by atoms with van der Waals surface area (Å²) < 4.78 is 5.22. The summed E-state index contributed by atoms with van der Waals surface area (Å²) in [5.74, 6) is -1.29. The van der Waals surface area contributed by atoms with Gasteiger partial charge in [0.1, 0.15) is 5.75 Å². The number of ketones is 1. The van der Waals surface area contributed by atoms with Crippen LogP contribution < -0.4 is 4.74 Å². The van der Waals surface area contributed by atoms with E-state index in [0.29, 0.717) is 12.4 Å². The second-order valence-electron chi connectivity index (χ2n) is 3.01. The summed E-state index contributed by atoms with van der Waals surface area (Å²) in [6.45, 7) is 2.18. The highest BCUT2D eigenvalue weighted by atomic mass is 35.5. The number of rotatable bonds is 5. The maximum atomic E-state index is 11.5. The van der Waals surface area contributed by atoms with Gasteiger partial charge in [0.15, 0.2) is 5.78 Å². The summed E-state index contributed by atoms with van der Waals surface area (Å²) in [4.78, 5) is 22.2. The SMILES string of the molecule is CCOc1ccc(C(=O)O)cc1C(=O)CCl. The molecular weight excluding hydrogens is 232 g/mol. The van der Waals surface area contributed by atoms with Crippen molar-refractivity contribution < 1.29 is 19.4 Å². The molecular formula is C11H11ClO4. The Morgan fingerprint density at radius 1 is 1.44 bits per heavy atom. The minimum absolute atomic E-state index is 0.0388. The Morgan fingerprint density at radius 2 is 2.12 bits per heavy atom. The molecule has 0 spiro atoms. The third-order valence-electron chi connectivity index (χ3n) is 1.95. The normalized spacial score (nSPS) is 9.88. The van der Waals surface area contributed by atoms with Gasteiger partial charge in [0, 0.05) is 0 Å². The van der Waals surface area contributed by atoms with Gasteiger partial charge in [-0.05, 0) is 25.1 Å². The first-order valence-electron chi connectivity index (χ1n) is 4.69. The van der Waals surface area contributed by atoms with Gasteiger partial charge in [-0.2, -0.15) is 0 Å². The quantitative estimate of drug-likeness (QED) is 0.635. The van der Waals surface area contributed by atoms with Crippen LogP contribution in [0.5, 0.6) is 5.75 Å². The molecule has 0 bridgehead atoms. The summed E-state index contributed by atoms with van der Waals surface area (Å²) in [5, 5.41) is 8.80. The van der Waals surface area contributed by atoms with Gasteiger partial charge in [-0.25, -0.2) is 4.79 Å². The second-order valence-corrected chi connectivity index (χ2v) is 3.27. The monoisotopic (exact) mass is 242 g/mol. The smallest absolute Gasteiger partial charge is 0.335 e. The fraction of sp³-hybridized carbons (Fsp3) is 0.273. The number of carbonyl (C=O) groups is 2. The Labute approximate surface area is 97.8 Å². The molecule has 0 radical (unpaired) electrons. The summed E-state index contributed by atoms with van der Waals surface area (Å²) in [5.41, 5.74) is 0.244. The number of halogens is 1. The summed E-state index contributed by atoms with van der Waals surface area (Å²) in [6.07, 6.45) is 0. The molecule has 1 aromatic carbocycles. The largest absolute Gasteiger partial charge is 0.493 e. The Hall–Kier alpha value is -1.55. The number of ether oxygens (including phenoxy) is 1. The van der Waals surface area contributed by atoms with Gasteiger partial charge in [-0.15, -0.1) is 11.6 Å². The van der Waals surface area contributed by atoms with Crippen molar-refractivity contribution >= 4 is 23.4 Å². The van der Waals surface area contributed by atoms with E-state index in [-0.39, 0.29) is 22.8 Å². The number of carboxylic acid groups (broad SMARTS) is 1. The molecule has 5 heteroatoms. The summed E-state index contributed by atoms with van der Waals surface area (Å²) in [7, 11) is 0. The molecule has 4 nitrogen and oxygen atoms in total. The molecule has 1 rings (SSSR count). The van der Waals surface area contributed by atoms with E-state index < -0.39 is 5.97 Å². The number of aromatic carboxylic acids is 1. The van der Waals surface area contributed by atoms with Gasteiger partial charge in [-0.3, -0.25) is 4.79 Å². The molecule has 0 saturated heterocycles. The Kier molecular flexibility index (Phi) is 4.31. The van der Waals surface area contributed by atoms with Crippen molar-refractivity contribution in [2.45, 2.75) is 6.92 Å². The molecule has 0 saturated carbocycles. The third-order valence-corrected chi connectivity index (χ3v) is 2.19. The van der Waals surface area contributed by atoms with E-state index in [1.54, 1.807) is 6.92 Å². The molecule has 0 amide bonds. The maximum Gasteiger partial charge on any atom is 0.335 e. The second kappa shape index (κ2) is 5.51. The Balaban J connectivity index is 3.20. The molecule has 0 heterocycles. The lowest BCUT2D eigenvalue weighted by molar-refractivity contribution is 0.0697. The highest BCUT2D eigenvalue weighted by Crippen LogP contribution is 2.21. The fourth-order valence-corrected chi connectivity index (χ4v) is 1.38. The standard InChI is InChI=1S/C11H11ClO4/c1-2-16-10-4-3-7(11(14)15)5-8(10)9(13)6-12/h3-5H,2,6H2,1H3,(H,14,15). The minimum Gasteiger partial charge on any atom is -0.493 e. The molecule has 0 aromatic heterocycles. The van der Waals surface area contributed by atoms with Crippen molar-refractivity contribution in [1.29, 1.82) is 0 Å². The number of carbonyl (C=O) groups excluding carboxylic acids is 1. The molecule has 0 aliphatic rings. The van der Waals surface area contributed by atoms with E-state index in [1.807, 2.05) is 0 Å². The predicted octanol–water partition coefficient (Wildman–Crippen LogP) is 2.21. The van der Waals surface area contributed by atoms with Crippen LogP contribution in [0.4, 0.5) is 0 Å². The van der Waals surface area contributed by atoms with Crippen molar-refractivity contribution in [3.05, 3.63) is 29.3 Å². The predicted molar refractivity (Wildman–Crippen MR) is 59.6 cm³/mol. The lowest BCUT2D eigenvalue weighted by Gasteiger charge is -2.08. The van der Waals surface area contributed by atoms with Crippen molar-refractivity contribution in [2.24, 2.45) is 0 Å². The van der Waals surface area contributed by atoms with Crippen molar-refractivity contribution in [1.82, 2.24) is 0 Å². The van der Waals surface area contributed by atoms with E-state index in [2.05, 4.69) is 0 Å². The van der Waals surface area contributed by atoms with Crippen LogP contribution >= 0.6 is 11.6 Å². The van der Waals surface area contributed by atoms with E-state index >= 15 is 0 Å². The first-order chi connectivity index (χ1) is 7.60. The number of alkyl halides is 1. The zero-order valence-corrected chi connectivity index (χ0v) is 9.45. The zero-order valence-electron chi connectivity index (χ0n) is 8.70. The van der Waals surface area contributed by atoms with Crippen LogP contribution in [0.1, 0.15) is 27.6 Å². The number of carboxylic acids is 1. The molecule has 0 aliphatic carbocycles. The number of Topliss-reactive ketones (excluding diaryl/α,β-unsaturated/α-hetero) is 1. The van der Waals surface area contributed by atoms with E-state index in [4.69, 9.17) is 21.4 Å². The molecule has 0 unspecified atom stereocenters. The van der Waals surface area contributed by atoms with Gasteiger partial charge in [0.05, 0.1) is 23.6 Å². The minimum atomic E-state index is -1.09. The molecule has 16 heavy (non-hydrogen) atoms. The molecule has 0 fully saturated rings. The number of hydrogen-bond acceptors (Lipinski definition) is 3. The van der Waals surface area contributed by atoms with Gasteiger partial charge < -0.3 is 9.84 Å². The topological polar surface area (TPSA) is 63.6 Å². The first-order valence-corrected chi connectivity index (χ1v) is 5.23. The van der Waals surface area contributed by atoms with E-state index in [9.17, 15) is 9.59 Å². The van der Waals surface area contributed by atoms with Crippen LogP contribution in [0.3, 0.4) is 0 Å². The number of hydrogen-bond donors (Lipinski definition) is 1. The fourth-order valence-electron chi connectivity index (χ4n) is 1.23. The van der Waals surface area contributed by atoms with Crippen LogP contribution in [-0.2, 0) is 0 Å². The average molecular weight is 243 g/mol. The molecule has 1 aromatic rings. The van der Waals surface area contributed by atoms with Gasteiger partial charge in [0.25, 0.3) is 0 Å². The Morgan fingerprint density at radius 3 is 2.62 bits per heavy atom. The highest BCUT2D eigenvalue weighted by Gasteiger charge is 2.14. The van der Waals surface area contributed by atoms with E-state index in [0.717, 1.165) is 0 Å². The summed E-state index contributed by atoms with van der Waals surface area (Å²) >= 11 is 5.44. The van der Waals surface area contributed by atoms with Gasteiger partial charge in [0.2, 0.25) is 0 Å². The molecule has 0 aliphatic heterocycles. The highest BCUT2D eigenvalue weighted by molar-refractivity contribution is 6.30. The van der Waals surface area contributed by atoms with E-state index in [1.165, 1.54) is 18.2 Å². The number of benzene rings is 1.